The van der Waals surface area contributed by atoms with Crippen molar-refractivity contribution in [1.29, 1.82) is 0 Å². The first-order chi connectivity index (χ1) is 7.25. The smallest absolute Gasteiger partial charge is 0.0722 e. The van der Waals surface area contributed by atoms with Crippen LogP contribution in [-0.4, -0.2) is 18.1 Å². The lowest BCUT2D eigenvalue weighted by atomic mass is 10.1. The standard InChI is InChI=1S/C12H19N3/c1-10-5-6-11(13)12(9-10)14-15-7-3-2-4-8-15/h5-6,9,14H,2-4,7-8,13H2,1H3. The van der Waals surface area contributed by atoms with E-state index in [0.717, 1.165) is 24.5 Å². The van der Waals surface area contributed by atoms with Gasteiger partial charge in [-0.3, -0.25) is 0 Å². The topological polar surface area (TPSA) is 41.3 Å². The van der Waals surface area contributed by atoms with Crippen molar-refractivity contribution in [3.8, 4) is 0 Å². The van der Waals surface area contributed by atoms with Crippen molar-refractivity contribution in [1.82, 2.24) is 5.01 Å². The minimum absolute atomic E-state index is 0.825. The van der Waals surface area contributed by atoms with Crippen LogP contribution in [0.2, 0.25) is 0 Å². The summed E-state index contributed by atoms with van der Waals surface area (Å²) in [4.78, 5) is 0. The number of anilines is 2. The molecule has 0 atom stereocenters. The first kappa shape index (κ1) is 10.3. The van der Waals surface area contributed by atoms with Crippen LogP contribution in [0.4, 0.5) is 11.4 Å². The summed E-state index contributed by atoms with van der Waals surface area (Å²) in [5.41, 5.74) is 12.4. The van der Waals surface area contributed by atoms with E-state index in [9.17, 15) is 0 Å². The molecular formula is C12H19N3. The second-order valence-electron chi connectivity index (χ2n) is 4.25. The maximum Gasteiger partial charge on any atom is 0.0722 e. The van der Waals surface area contributed by atoms with Gasteiger partial charge in [0.1, 0.15) is 0 Å². The molecule has 1 aromatic carbocycles. The molecule has 0 unspecified atom stereocenters. The van der Waals surface area contributed by atoms with Gasteiger partial charge in [-0.1, -0.05) is 12.5 Å². The summed E-state index contributed by atoms with van der Waals surface area (Å²) >= 11 is 0. The lowest BCUT2D eigenvalue weighted by Crippen LogP contribution is -2.35. The van der Waals surface area contributed by atoms with Gasteiger partial charge in [-0.25, -0.2) is 5.01 Å². The Morgan fingerprint density at radius 3 is 2.67 bits per heavy atom. The molecule has 3 heteroatoms. The number of aryl methyl sites for hydroxylation is 1. The molecule has 0 amide bonds. The van der Waals surface area contributed by atoms with Crippen LogP contribution < -0.4 is 11.2 Å². The van der Waals surface area contributed by atoms with E-state index < -0.39 is 0 Å². The Morgan fingerprint density at radius 1 is 1.20 bits per heavy atom. The molecule has 1 heterocycles. The highest BCUT2D eigenvalue weighted by Crippen LogP contribution is 2.21. The SMILES string of the molecule is Cc1ccc(N)c(NN2CCCCC2)c1. The van der Waals surface area contributed by atoms with Gasteiger partial charge in [0.15, 0.2) is 0 Å². The van der Waals surface area contributed by atoms with Crippen LogP contribution >= 0.6 is 0 Å². The molecule has 3 nitrogen and oxygen atoms in total. The molecule has 0 saturated carbocycles. The fourth-order valence-electron chi connectivity index (χ4n) is 1.94. The van der Waals surface area contributed by atoms with Gasteiger partial charge < -0.3 is 11.2 Å². The highest BCUT2D eigenvalue weighted by Gasteiger charge is 2.10. The molecule has 1 fully saturated rings. The van der Waals surface area contributed by atoms with Crippen LogP contribution in [0.1, 0.15) is 24.8 Å². The monoisotopic (exact) mass is 205 g/mol. The van der Waals surface area contributed by atoms with Crippen molar-refractivity contribution >= 4 is 11.4 Å². The van der Waals surface area contributed by atoms with Gasteiger partial charge in [-0.2, -0.15) is 0 Å². The normalized spacial score (nSPS) is 17.7. The largest absolute Gasteiger partial charge is 0.397 e. The zero-order chi connectivity index (χ0) is 10.7. The van der Waals surface area contributed by atoms with E-state index in [1.54, 1.807) is 0 Å². The highest BCUT2D eigenvalue weighted by atomic mass is 15.5. The first-order valence-corrected chi connectivity index (χ1v) is 5.63. The molecule has 3 N–H and O–H groups in total. The summed E-state index contributed by atoms with van der Waals surface area (Å²) in [6.07, 6.45) is 3.90. The third-order valence-electron chi connectivity index (χ3n) is 2.84. The second kappa shape index (κ2) is 4.53. The number of rotatable bonds is 2. The summed E-state index contributed by atoms with van der Waals surface area (Å²) < 4.78 is 0. The van der Waals surface area contributed by atoms with E-state index >= 15 is 0 Å². The predicted molar refractivity (Wildman–Crippen MR) is 64.6 cm³/mol. The molecule has 0 bridgehead atoms. The number of piperidine rings is 1. The van der Waals surface area contributed by atoms with Gasteiger partial charge in [0.25, 0.3) is 0 Å². The van der Waals surface area contributed by atoms with Gasteiger partial charge in [0.05, 0.1) is 11.4 Å². The van der Waals surface area contributed by atoms with E-state index in [1.807, 2.05) is 12.1 Å². The summed E-state index contributed by atoms with van der Waals surface area (Å²) in [6.45, 7) is 4.32. The summed E-state index contributed by atoms with van der Waals surface area (Å²) in [5.74, 6) is 0. The molecule has 0 aromatic heterocycles. The Kier molecular flexibility index (Phi) is 3.11. The van der Waals surface area contributed by atoms with E-state index in [-0.39, 0.29) is 0 Å². The number of nitrogen functional groups attached to an aromatic ring is 1. The molecule has 0 radical (unpaired) electrons. The highest BCUT2D eigenvalue weighted by molar-refractivity contribution is 5.66. The van der Waals surface area contributed by atoms with E-state index in [2.05, 4.69) is 23.4 Å². The van der Waals surface area contributed by atoms with E-state index in [1.165, 1.54) is 24.8 Å². The Balaban J connectivity index is 2.05. The van der Waals surface area contributed by atoms with Crippen molar-refractivity contribution in [2.45, 2.75) is 26.2 Å². The first-order valence-electron chi connectivity index (χ1n) is 5.63. The predicted octanol–water partition coefficient (Wildman–Crippen LogP) is 2.39. The van der Waals surface area contributed by atoms with Crippen LogP contribution in [0.25, 0.3) is 0 Å². The third kappa shape index (κ3) is 2.63. The van der Waals surface area contributed by atoms with Crippen molar-refractivity contribution in [3.63, 3.8) is 0 Å². The van der Waals surface area contributed by atoms with Gasteiger partial charge in [-0.15, -0.1) is 0 Å². The van der Waals surface area contributed by atoms with Crippen LogP contribution in [0, 0.1) is 6.92 Å². The molecule has 0 aliphatic carbocycles. The lowest BCUT2D eigenvalue weighted by molar-refractivity contribution is 0.273. The molecule has 1 saturated heterocycles. The molecule has 0 spiro atoms. The van der Waals surface area contributed by atoms with Crippen LogP contribution in [-0.2, 0) is 0 Å². The number of hydrazine groups is 1. The van der Waals surface area contributed by atoms with Crippen molar-refractivity contribution < 1.29 is 0 Å². The number of nitrogens with one attached hydrogen (secondary N) is 1. The minimum atomic E-state index is 0.825. The van der Waals surface area contributed by atoms with Gasteiger partial charge in [0.2, 0.25) is 0 Å². The molecular weight excluding hydrogens is 186 g/mol. The van der Waals surface area contributed by atoms with Crippen molar-refractivity contribution in [3.05, 3.63) is 23.8 Å². The summed E-state index contributed by atoms with van der Waals surface area (Å²) in [5, 5.41) is 2.26. The van der Waals surface area contributed by atoms with Gasteiger partial charge >= 0.3 is 0 Å². The van der Waals surface area contributed by atoms with E-state index in [0.29, 0.717) is 0 Å². The lowest BCUT2D eigenvalue weighted by Gasteiger charge is -2.28. The molecule has 1 aromatic rings. The maximum absolute atomic E-state index is 5.92. The van der Waals surface area contributed by atoms with Crippen molar-refractivity contribution in [2.24, 2.45) is 0 Å². The van der Waals surface area contributed by atoms with Gasteiger partial charge in [-0.05, 0) is 37.5 Å². The number of hydrogen-bond donors (Lipinski definition) is 2. The fourth-order valence-corrected chi connectivity index (χ4v) is 1.94. The second-order valence-corrected chi connectivity index (χ2v) is 4.25. The van der Waals surface area contributed by atoms with Gasteiger partial charge in [0, 0.05) is 13.1 Å². The Labute approximate surface area is 91.2 Å². The maximum atomic E-state index is 5.92. The molecule has 15 heavy (non-hydrogen) atoms. The number of nitrogens with two attached hydrogens (primary N) is 1. The molecule has 1 aliphatic heterocycles. The van der Waals surface area contributed by atoms with Crippen LogP contribution in [0.15, 0.2) is 18.2 Å². The summed E-state index contributed by atoms with van der Waals surface area (Å²) in [7, 11) is 0. The minimum Gasteiger partial charge on any atom is -0.397 e. The average Bonchev–Trinajstić information content (AvgIpc) is 2.25. The fraction of sp³-hybridized carbons (Fsp3) is 0.500. The zero-order valence-corrected chi connectivity index (χ0v) is 9.29. The Morgan fingerprint density at radius 2 is 1.93 bits per heavy atom. The Bertz CT molecular complexity index is 330. The zero-order valence-electron chi connectivity index (χ0n) is 9.29. The molecule has 2 rings (SSSR count). The third-order valence-corrected chi connectivity index (χ3v) is 2.84. The van der Waals surface area contributed by atoms with Crippen LogP contribution in [0.5, 0.6) is 0 Å². The number of benzene rings is 1. The summed E-state index contributed by atoms with van der Waals surface area (Å²) in [6, 6.07) is 6.10. The van der Waals surface area contributed by atoms with E-state index in [4.69, 9.17) is 5.73 Å². The number of nitrogens with zero attached hydrogens (tertiary/aromatic N) is 1. The average molecular weight is 205 g/mol. The Hall–Kier alpha value is -1.22. The van der Waals surface area contributed by atoms with Crippen molar-refractivity contribution in [2.75, 3.05) is 24.2 Å². The quantitative estimate of drug-likeness (QED) is 0.728. The molecule has 82 valence electrons. The molecule has 1 aliphatic rings. The van der Waals surface area contributed by atoms with Crippen LogP contribution in [0.3, 0.4) is 0 Å². The number of hydrogen-bond acceptors (Lipinski definition) is 3.